The van der Waals surface area contributed by atoms with E-state index in [4.69, 9.17) is 5.11 Å². The average Bonchev–Trinajstić information content (AvgIpc) is 2.36. The fourth-order valence-electron chi connectivity index (χ4n) is 2.38. The second-order valence-corrected chi connectivity index (χ2v) is 5.65. The first-order valence-electron chi connectivity index (χ1n) is 7.84. The smallest absolute Gasteiger partial charge is 0.306 e. The summed E-state index contributed by atoms with van der Waals surface area (Å²) in [6.07, 6.45) is 12.5. The highest BCUT2D eigenvalue weighted by Gasteiger charge is 2.13. The molecule has 1 N–H and O–H groups in total. The van der Waals surface area contributed by atoms with Crippen molar-refractivity contribution in [3.63, 3.8) is 0 Å². The van der Waals surface area contributed by atoms with Gasteiger partial charge in [-0.15, -0.1) is 0 Å². The molecule has 0 fully saturated rings. The van der Waals surface area contributed by atoms with Gasteiger partial charge in [-0.05, 0) is 18.8 Å². The summed E-state index contributed by atoms with van der Waals surface area (Å²) >= 11 is 0. The Morgan fingerprint density at radius 1 is 0.944 bits per heavy atom. The van der Waals surface area contributed by atoms with E-state index in [1.807, 2.05) is 6.92 Å². The summed E-state index contributed by atoms with van der Waals surface area (Å²) < 4.78 is 0. The molecule has 0 aromatic carbocycles. The number of carbonyl (C=O) groups is 1. The van der Waals surface area contributed by atoms with E-state index in [0.717, 1.165) is 18.8 Å². The van der Waals surface area contributed by atoms with Crippen molar-refractivity contribution in [2.45, 2.75) is 85.0 Å². The van der Waals surface area contributed by atoms with Crippen LogP contribution in [0.4, 0.5) is 0 Å². The minimum absolute atomic E-state index is 0.177. The van der Waals surface area contributed by atoms with Crippen molar-refractivity contribution in [3.8, 4) is 0 Å². The number of unbranched alkanes of at least 4 members (excludes halogenated alkanes) is 5. The summed E-state index contributed by atoms with van der Waals surface area (Å²) in [6.45, 7) is 6.30. The summed E-state index contributed by atoms with van der Waals surface area (Å²) in [6, 6.07) is 0. The second-order valence-electron chi connectivity index (χ2n) is 5.65. The van der Waals surface area contributed by atoms with E-state index in [2.05, 4.69) is 13.8 Å². The normalized spacial score (nSPS) is 14.4. The summed E-state index contributed by atoms with van der Waals surface area (Å²) in [7, 11) is 0. The fraction of sp³-hybridized carbons (Fsp3) is 0.938. The first-order valence-corrected chi connectivity index (χ1v) is 7.84. The average molecular weight is 256 g/mol. The van der Waals surface area contributed by atoms with Crippen molar-refractivity contribution in [1.29, 1.82) is 0 Å². The van der Waals surface area contributed by atoms with Gasteiger partial charge in [-0.1, -0.05) is 72.1 Å². The van der Waals surface area contributed by atoms with Crippen molar-refractivity contribution < 1.29 is 9.90 Å². The highest BCUT2D eigenvalue weighted by Crippen LogP contribution is 2.22. The van der Waals surface area contributed by atoms with Crippen molar-refractivity contribution in [3.05, 3.63) is 0 Å². The molecule has 2 atom stereocenters. The Hall–Kier alpha value is -0.530. The van der Waals surface area contributed by atoms with E-state index in [1.54, 1.807) is 0 Å². The number of hydrogen-bond acceptors (Lipinski definition) is 1. The third-order valence-corrected chi connectivity index (χ3v) is 3.97. The molecule has 0 aromatic heterocycles. The highest BCUT2D eigenvalue weighted by molar-refractivity contribution is 5.69. The first kappa shape index (κ1) is 17.5. The molecule has 18 heavy (non-hydrogen) atoms. The highest BCUT2D eigenvalue weighted by atomic mass is 16.4. The third-order valence-electron chi connectivity index (χ3n) is 3.97. The zero-order valence-corrected chi connectivity index (χ0v) is 12.6. The van der Waals surface area contributed by atoms with Crippen molar-refractivity contribution in [2.75, 3.05) is 0 Å². The Morgan fingerprint density at radius 2 is 1.56 bits per heavy atom. The molecular weight excluding hydrogens is 224 g/mol. The van der Waals surface area contributed by atoms with Gasteiger partial charge in [0.25, 0.3) is 0 Å². The lowest BCUT2D eigenvalue weighted by Gasteiger charge is -2.16. The van der Waals surface area contributed by atoms with Crippen LogP contribution in [0.15, 0.2) is 0 Å². The Kier molecular flexibility index (Phi) is 11.2. The maximum absolute atomic E-state index is 10.8. The molecule has 0 aromatic rings. The molecule has 0 rings (SSSR count). The van der Waals surface area contributed by atoms with E-state index in [1.165, 1.54) is 51.4 Å². The van der Waals surface area contributed by atoms with E-state index < -0.39 is 5.97 Å². The van der Waals surface area contributed by atoms with Crippen molar-refractivity contribution in [1.82, 2.24) is 0 Å². The van der Waals surface area contributed by atoms with Crippen LogP contribution in [-0.2, 0) is 4.79 Å². The van der Waals surface area contributed by atoms with Crippen molar-refractivity contribution >= 4 is 5.97 Å². The monoisotopic (exact) mass is 256 g/mol. The molecule has 2 nitrogen and oxygen atoms in total. The molecule has 0 saturated heterocycles. The number of hydrogen-bond donors (Lipinski definition) is 1. The van der Waals surface area contributed by atoms with Gasteiger partial charge in [0.1, 0.15) is 0 Å². The molecule has 0 heterocycles. The van der Waals surface area contributed by atoms with Crippen LogP contribution in [0.25, 0.3) is 0 Å². The van der Waals surface area contributed by atoms with Crippen LogP contribution in [0.3, 0.4) is 0 Å². The lowest BCUT2D eigenvalue weighted by Crippen LogP contribution is -2.11. The van der Waals surface area contributed by atoms with Gasteiger partial charge in [-0.3, -0.25) is 4.79 Å². The van der Waals surface area contributed by atoms with Crippen LogP contribution in [0.1, 0.15) is 85.0 Å². The summed E-state index contributed by atoms with van der Waals surface area (Å²) in [5.41, 5.74) is 0. The zero-order chi connectivity index (χ0) is 13.8. The number of carboxylic acid groups (broad SMARTS) is 1. The summed E-state index contributed by atoms with van der Waals surface area (Å²) in [5.74, 6) is -0.0917. The third kappa shape index (κ3) is 9.49. The van der Waals surface area contributed by atoms with Gasteiger partial charge in [0.2, 0.25) is 0 Å². The maximum Gasteiger partial charge on any atom is 0.306 e. The summed E-state index contributed by atoms with van der Waals surface area (Å²) in [4.78, 5) is 10.8. The molecular formula is C16H32O2. The first-order chi connectivity index (χ1) is 8.61. The van der Waals surface area contributed by atoms with Gasteiger partial charge in [0.05, 0.1) is 5.92 Å². The Labute approximate surface area is 113 Å². The maximum atomic E-state index is 10.8. The standard InChI is InChI=1S/C16H32O2/c1-4-6-7-8-9-10-11-15(5-2)13-12-14(3)16(17)18/h14-15H,4-13H2,1-3H3,(H,17,18). The van der Waals surface area contributed by atoms with Crippen LogP contribution >= 0.6 is 0 Å². The number of rotatable bonds is 12. The van der Waals surface area contributed by atoms with E-state index in [9.17, 15) is 4.79 Å². The Bertz CT molecular complexity index is 201. The molecule has 2 unspecified atom stereocenters. The SMILES string of the molecule is CCCCCCCCC(CC)CCC(C)C(=O)O. The zero-order valence-electron chi connectivity index (χ0n) is 12.6. The van der Waals surface area contributed by atoms with Crippen LogP contribution in [0.2, 0.25) is 0 Å². The second kappa shape index (κ2) is 11.6. The van der Waals surface area contributed by atoms with Crippen LogP contribution in [-0.4, -0.2) is 11.1 Å². The van der Waals surface area contributed by atoms with Crippen LogP contribution < -0.4 is 0 Å². The molecule has 0 radical (unpaired) electrons. The Morgan fingerprint density at radius 3 is 2.11 bits per heavy atom. The largest absolute Gasteiger partial charge is 0.481 e. The minimum atomic E-state index is -0.649. The molecule has 108 valence electrons. The molecule has 0 bridgehead atoms. The van der Waals surface area contributed by atoms with Gasteiger partial charge < -0.3 is 5.11 Å². The summed E-state index contributed by atoms with van der Waals surface area (Å²) in [5, 5.41) is 8.86. The predicted molar refractivity (Wildman–Crippen MR) is 77.8 cm³/mol. The lowest BCUT2D eigenvalue weighted by atomic mass is 9.90. The number of aliphatic carboxylic acids is 1. The topological polar surface area (TPSA) is 37.3 Å². The van der Waals surface area contributed by atoms with Crippen LogP contribution in [0.5, 0.6) is 0 Å². The Balaban J connectivity index is 3.55. The van der Waals surface area contributed by atoms with Gasteiger partial charge in [0, 0.05) is 0 Å². The molecule has 2 heteroatoms. The predicted octanol–water partition coefficient (Wildman–Crippen LogP) is 5.26. The lowest BCUT2D eigenvalue weighted by molar-refractivity contribution is -0.141. The molecule has 0 spiro atoms. The number of carboxylic acids is 1. The van der Waals surface area contributed by atoms with Gasteiger partial charge in [0.15, 0.2) is 0 Å². The molecule has 0 aliphatic heterocycles. The van der Waals surface area contributed by atoms with Crippen LogP contribution in [0, 0.1) is 11.8 Å². The molecule has 0 aliphatic carbocycles. The van der Waals surface area contributed by atoms with E-state index >= 15 is 0 Å². The van der Waals surface area contributed by atoms with Gasteiger partial charge in [-0.25, -0.2) is 0 Å². The minimum Gasteiger partial charge on any atom is -0.481 e. The van der Waals surface area contributed by atoms with Crippen molar-refractivity contribution in [2.24, 2.45) is 11.8 Å². The molecule has 0 amide bonds. The molecule has 0 saturated carbocycles. The van der Waals surface area contributed by atoms with E-state index in [0.29, 0.717) is 0 Å². The van der Waals surface area contributed by atoms with Gasteiger partial charge in [-0.2, -0.15) is 0 Å². The van der Waals surface area contributed by atoms with Gasteiger partial charge >= 0.3 is 5.97 Å². The fourth-order valence-corrected chi connectivity index (χ4v) is 2.38. The quantitative estimate of drug-likeness (QED) is 0.483. The van der Waals surface area contributed by atoms with E-state index in [-0.39, 0.29) is 5.92 Å². The molecule has 0 aliphatic rings.